The van der Waals surface area contributed by atoms with Gasteiger partial charge in [0.05, 0.1) is 0 Å². The number of rotatable bonds is 4. The molecule has 1 heterocycles. The molecule has 0 atom stereocenters. The minimum Gasteiger partial charge on any atom is -0.348 e. The fraction of sp³-hybridized carbons (Fsp3) is 0.263. The number of anilines is 1. The molecule has 1 aliphatic heterocycles. The van der Waals surface area contributed by atoms with E-state index in [-0.39, 0.29) is 11.8 Å². The van der Waals surface area contributed by atoms with Crippen molar-refractivity contribution in [1.29, 1.82) is 0 Å². The highest BCUT2D eigenvalue weighted by molar-refractivity contribution is 5.99. The minimum atomic E-state index is -0.123. The Kier molecular flexibility index (Phi) is 4.42. The van der Waals surface area contributed by atoms with Crippen molar-refractivity contribution in [1.82, 2.24) is 5.32 Å². The van der Waals surface area contributed by atoms with E-state index in [4.69, 9.17) is 0 Å². The summed E-state index contributed by atoms with van der Waals surface area (Å²) in [5, 5.41) is 2.92. The molecule has 0 radical (unpaired) electrons. The Morgan fingerprint density at radius 1 is 1.17 bits per heavy atom. The molecular weight excluding hydrogens is 288 g/mol. The van der Waals surface area contributed by atoms with Crippen molar-refractivity contribution < 1.29 is 9.59 Å². The van der Waals surface area contributed by atoms with Gasteiger partial charge in [0.1, 0.15) is 0 Å². The Labute approximate surface area is 136 Å². The molecule has 23 heavy (non-hydrogen) atoms. The zero-order chi connectivity index (χ0) is 16.2. The zero-order valence-corrected chi connectivity index (χ0v) is 13.2. The maximum absolute atomic E-state index is 12.4. The Balaban J connectivity index is 1.74. The van der Waals surface area contributed by atoms with Crippen molar-refractivity contribution in [3.05, 3.63) is 65.2 Å². The summed E-state index contributed by atoms with van der Waals surface area (Å²) in [5.41, 5.74) is 3.50. The highest BCUT2D eigenvalue weighted by Crippen LogP contribution is 2.26. The molecule has 2 aromatic rings. The standard InChI is InChI=1S/C19H20N2O2/c1-14-9-10-16(12-17(14)21-11-5-8-18(21)22)19(23)20-13-15-6-3-2-4-7-15/h2-4,6-7,9-10,12H,5,8,11,13H2,1H3,(H,20,23). The lowest BCUT2D eigenvalue weighted by Crippen LogP contribution is -2.26. The summed E-state index contributed by atoms with van der Waals surface area (Å²) in [4.78, 5) is 26.1. The van der Waals surface area contributed by atoms with Gasteiger partial charge in [-0.05, 0) is 36.6 Å². The average molecular weight is 308 g/mol. The molecule has 4 nitrogen and oxygen atoms in total. The van der Waals surface area contributed by atoms with Crippen LogP contribution in [0.1, 0.15) is 34.3 Å². The molecule has 0 bridgehead atoms. The molecule has 2 aromatic carbocycles. The molecule has 1 N–H and O–H groups in total. The van der Waals surface area contributed by atoms with Gasteiger partial charge in [0.2, 0.25) is 5.91 Å². The number of aryl methyl sites for hydroxylation is 1. The second-order valence-corrected chi connectivity index (χ2v) is 5.82. The highest BCUT2D eigenvalue weighted by atomic mass is 16.2. The van der Waals surface area contributed by atoms with Crippen LogP contribution in [0.2, 0.25) is 0 Å². The first kappa shape index (κ1) is 15.3. The van der Waals surface area contributed by atoms with E-state index < -0.39 is 0 Å². The van der Waals surface area contributed by atoms with Gasteiger partial charge in [-0.25, -0.2) is 0 Å². The predicted octanol–water partition coefficient (Wildman–Crippen LogP) is 3.05. The predicted molar refractivity (Wildman–Crippen MR) is 90.4 cm³/mol. The van der Waals surface area contributed by atoms with Crippen LogP contribution in [0.5, 0.6) is 0 Å². The van der Waals surface area contributed by atoms with Gasteiger partial charge in [-0.1, -0.05) is 36.4 Å². The van der Waals surface area contributed by atoms with Crippen LogP contribution in [0.3, 0.4) is 0 Å². The van der Waals surface area contributed by atoms with Crippen LogP contribution in [-0.2, 0) is 11.3 Å². The number of nitrogens with zero attached hydrogens (tertiary/aromatic N) is 1. The molecule has 1 fully saturated rings. The minimum absolute atomic E-state index is 0.123. The van der Waals surface area contributed by atoms with Gasteiger partial charge in [-0.2, -0.15) is 0 Å². The average Bonchev–Trinajstić information content (AvgIpc) is 3.00. The maximum atomic E-state index is 12.4. The SMILES string of the molecule is Cc1ccc(C(=O)NCc2ccccc2)cc1N1CCCC1=O. The molecule has 0 unspecified atom stereocenters. The Hall–Kier alpha value is -2.62. The van der Waals surface area contributed by atoms with Crippen LogP contribution >= 0.6 is 0 Å². The summed E-state index contributed by atoms with van der Waals surface area (Å²) in [5.74, 6) is 0.0108. The van der Waals surface area contributed by atoms with E-state index in [0.29, 0.717) is 18.5 Å². The zero-order valence-electron chi connectivity index (χ0n) is 13.2. The number of nitrogens with one attached hydrogen (secondary N) is 1. The fourth-order valence-electron chi connectivity index (χ4n) is 2.82. The first-order valence-corrected chi connectivity index (χ1v) is 7.88. The summed E-state index contributed by atoms with van der Waals surface area (Å²) < 4.78 is 0. The van der Waals surface area contributed by atoms with Crippen LogP contribution in [0, 0.1) is 6.92 Å². The Morgan fingerprint density at radius 3 is 2.65 bits per heavy atom. The molecular formula is C19H20N2O2. The van der Waals surface area contributed by atoms with E-state index >= 15 is 0 Å². The van der Waals surface area contributed by atoms with Crippen LogP contribution < -0.4 is 10.2 Å². The molecule has 4 heteroatoms. The third kappa shape index (κ3) is 3.42. The van der Waals surface area contributed by atoms with Crippen molar-refractivity contribution in [2.24, 2.45) is 0 Å². The lowest BCUT2D eigenvalue weighted by Gasteiger charge is -2.19. The smallest absolute Gasteiger partial charge is 0.251 e. The van der Waals surface area contributed by atoms with Crippen molar-refractivity contribution in [2.75, 3.05) is 11.4 Å². The van der Waals surface area contributed by atoms with Crippen LogP contribution in [0.4, 0.5) is 5.69 Å². The lowest BCUT2D eigenvalue weighted by atomic mass is 10.1. The number of benzene rings is 2. The highest BCUT2D eigenvalue weighted by Gasteiger charge is 2.23. The summed E-state index contributed by atoms with van der Waals surface area (Å²) in [6.45, 7) is 3.19. The molecule has 2 amide bonds. The molecule has 1 saturated heterocycles. The number of carbonyl (C=O) groups excluding carboxylic acids is 2. The van der Waals surface area contributed by atoms with Crippen molar-refractivity contribution in [2.45, 2.75) is 26.3 Å². The van der Waals surface area contributed by atoms with E-state index in [1.54, 1.807) is 11.0 Å². The van der Waals surface area contributed by atoms with Gasteiger partial charge in [0.25, 0.3) is 5.91 Å². The number of hydrogen-bond acceptors (Lipinski definition) is 2. The van der Waals surface area contributed by atoms with Gasteiger partial charge >= 0.3 is 0 Å². The molecule has 0 aliphatic carbocycles. The molecule has 0 saturated carbocycles. The van der Waals surface area contributed by atoms with Crippen molar-refractivity contribution in [3.63, 3.8) is 0 Å². The lowest BCUT2D eigenvalue weighted by molar-refractivity contribution is -0.117. The molecule has 0 spiro atoms. The second kappa shape index (κ2) is 6.65. The van der Waals surface area contributed by atoms with Gasteiger partial charge in [0, 0.05) is 30.8 Å². The maximum Gasteiger partial charge on any atom is 0.251 e. The van der Waals surface area contributed by atoms with E-state index in [2.05, 4.69) is 5.32 Å². The molecule has 118 valence electrons. The van der Waals surface area contributed by atoms with Gasteiger partial charge in [0.15, 0.2) is 0 Å². The van der Waals surface area contributed by atoms with Gasteiger partial charge in [-0.3, -0.25) is 9.59 Å². The van der Waals surface area contributed by atoms with E-state index in [1.165, 1.54) is 0 Å². The topological polar surface area (TPSA) is 49.4 Å². The largest absolute Gasteiger partial charge is 0.348 e. The summed E-state index contributed by atoms with van der Waals surface area (Å²) in [7, 11) is 0. The number of hydrogen-bond donors (Lipinski definition) is 1. The van der Waals surface area contributed by atoms with E-state index in [9.17, 15) is 9.59 Å². The van der Waals surface area contributed by atoms with E-state index in [1.807, 2.05) is 49.4 Å². The van der Waals surface area contributed by atoms with E-state index in [0.717, 1.165) is 29.8 Å². The second-order valence-electron chi connectivity index (χ2n) is 5.82. The monoisotopic (exact) mass is 308 g/mol. The Bertz CT molecular complexity index is 725. The molecule has 0 aromatic heterocycles. The Morgan fingerprint density at radius 2 is 1.96 bits per heavy atom. The normalized spacial score (nSPS) is 14.1. The van der Waals surface area contributed by atoms with Crippen molar-refractivity contribution >= 4 is 17.5 Å². The van der Waals surface area contributed by atoms with Gasteiger partial charge < -0.3 is 10.2 Å². The third-order valence-electron chi connectivity index (χ3n) is 4.13. The van der Waals surface area contributed by atoms with Crippen LogP contribution in [0.25, 0.3) is 0 Å². The summed E-state index contributed by atoms with van der Waals surface area (Å²) in [6.07, 6.45) is 1.46. The first-order valence-electron chi connectivity index (χ1n) is 7.88. The van der Waals surface area contributed by atoms with Crippen LogP contribution in [0.15, 0.2) is 48.5 Å². The van der Waals surface area contributed by atoms with Crippen molar-refractivity contribution in [3.8, 4) is 0 Å². The molecule has 3 rings (SSSR count). The summed E-state index contributed by atoms with van der Waals surface area (Å²) in [6, 6.07) is 15.3. The van der Waals surface area contributed by atoms with Crippen LogP contribution in [-0.4, -0.2) is 18.4 Å². The van der Waals surface area contributed by atoms with Gasteiger partial charge in [-0.15, -0.1) is 0 Å². The third-order valence-corrected chi connectivity index (χ3v) is 4.13. The summed E-state index contributed by atoms with van der Waals surface area (Å²) >= 11 is 0. The fourth-order valence-corrected chi connectivity index (χ4v) is 2.82. The first-order chi connectivity index (χ1) is 11.1. The number of amides is 2. The molecule has 1 aliphatic rings. The quantitative estimate of drug-likeness (QED) is 0.943. The number of carbonyl (C=O) groups is 2.